The Morgan fingerprint density at radius 3 is 2.56 bits per heavy atom. The topological polar surface area (TPSA) is 60.1 Å². The number of para-hydroxylation sites is 1. The number of halogens is 1. The number of imidazole rings is 1. The quantitative estimate of drug-likeness (QED) is 0.599. The minimum atomic E-state index is -0.774. The first-order chi connectivity index (χ1) is 12.0. The lowest BCUT2D eigenvalue weighted by Gasteiger charge is -2.12. The molecule has 0 radical (unpaired) electrons. The fourth-order valence-corrected chi connectivity index (χ4v) is 3.45. The number of fused-ring (bicyclic) bond motifs is 3. The molecule has 126 valence electrons. The highest BCUT2D eigenvalue weighted by molar-refractivity contribution is 6.31. The van der Waals surface area contributed by atoms with Gasteiger partial charge < -0.3 is 9.67 Å². The van der Waals surface area contributed by atoms with Crippen LogP contribution in [0.4, 0.5) is 0 Å². The molecule has 0 fully saturated rings. The van der Waals surface area contributed by atoms with E-state index in [0.717, 1.165) is 11.1 Å². The van der Waals surface area contributed by atoms with Crippen LogP contribution in [0.1, 0.15) is 18.9 Å². The van der Waals surface area contributed by atoms with Crippen LogP contribution in [0.3, 0.4) is 0 Å². The van der Waals surface area contributed by atoms with Crippen molar-refractivity contribution in [2.45, 2.75) is 13.0 Å². The molecule has 6 heteroatoms. The van der Waals surface area contributed by atoms with Crippen molar-refractivity contribution >= 4 is 33.5 Å². The molecule has 1 unspecified atom stereocenters. The van der Waals surface area contributed by atoms with E-state index in [2.05, 4.69) is 4.98 Å². The molecule has 4 rings (SSSR count). The van der Waals surface area contributed by atoms with Gasteiger partial charge in [-0.2, -0.15) is 0 Å². The van der Waals surface area contributed by atoms with Crippen molar-refractivity contribution < 1.29 is 5.11 Å². The predicted octanol–water partition coefficient (Wildman–Crippen LogP) is 3.58. The molecule has 1 atom stereocenters. The summed E-state index contributed by atoms with van der Waals surface area (Å²) in [5.74, 6) is 0.453. The van der Waals surface area contributed by atoms with E-state index in [-0.39, 0.29) is 5.56 Å². The Morgan fingerprint density at radius 1 is 1.16 bits per heavy atom. The number of aliphatic hydroxyl groups is 1. The molecule has 0 aliphatic heterocycles. The van der Waals surface area contributed by atoms with Crippen LogP contribution in [0.5, 0.6) is 0 Å². The van der Waals surface area contributed by atoms with E-state index in [1.54, 1.807) is 35.2 Å². The molecular formula is C19H16ClN3O2. The third kappa shape index (κ3) is 2.35. The first-order valence-corrected chi connectivity index (χ1v) is 8.31. The second-order valence-corrected chi connectivity index (χ2v) is 6.48. The van der Waals surface area contributed by atoms with Gasteiger partial charge in [-0.25, -0.2) is 4.98 Å². The van der Waals surface area contributed by atoms with Crippen molar-refractivity contribution in [1.82, 2.24) is 14.1 Å². The van der Waals surface area contributed by atoms with Crippen LogP contribution in [-0.2, 0) is 7.05 Å². The average molecular weight is 354 g/mol. The first kappa shape index (κ1) is 15.9. The number of hydrogen-bond donors (Lipinski definition) is 1. The van der Waals surface area contributed by atoms with Crippen LogP contribution in [0.15, 0.2) is 53.3 Å². The average Bonchev–Trinajstić information content (AvgIpc) is 2.94. The van der Waals surface area contributed by atoms with Gasteiger partial charge in [0.2, 0.25) is 0 Å². The molecule has 2 heterocycles. The minimum absolute atomic E-state index is 0.238. The standard InChI is InChI=1S/C19H16ClN3O2/c1-11(24)18-21-16-17(22(18)2)14-9-8-12(20)10-15(14)23(19(16)25)13-6-4-3-5-7-13/h3-11,24H,1-2H3. The Balaban J connectivity index is 2.27. The molecule has 25 heavy (non-hydrogen) atoms. The number of aryl methyl sites for hydroxylation is 1. The van der Waals surface area contributed by atoms with Crippen LogP contribution in [0.2, 0.25) is 5.02 Å². The number of pyridine rings is 1. The number of nitrogens with zero attached hydrogens (tertiary/aromatic N) is 3. The SMILES string of the molecule is CC(O)c1nc2c(=O)n(-c3ccccc3)c3cc(Cl)ccc3c2n1C. The van der Waals surface area contributed by atoms with Gasteiger partial charge in [-0.15, -0.1) is 0 Å². The normalized spacial score (nSPS) is 12.8. The number of rotatable bonds is 2. The highest BCUT2D eigenvalue weighted by Crippen LogP contribution is 2.28. The van der Waals surface area contributed by atoms with Crippen LogP contribution in [0.25, 0.3) is 27.6 Å². The molecule has 0 aliphatic carbocycles. The van der Waals surface area contributed by atoms with Crippen LogP contribution in [0, 0.1) is 0 Å². The van der Waals surface area contributed by atoms with Crippen molar-refractivity contribution in [3.63, 3.8) is 0 Å². The lowest BCUT2D eigenvalue weighted by Crippen LogP contribution is -2.19. The lowest BCUT2D eigenvalue weighted by atomic mass is 10.1. The summed E-state index contributed by atoms with van der Waals surface area (Å²) in [4.78, 5) is 17.6. The van der Waals surface area contributed by atoms with Gasteiger partial charge in [0.15, 0.2) is 5.52 Å². The number of aromatic nitrogens is 3. The monoisotopic (exact) mass is 353 g/mol. The summed E-state index contributed by atoms with van der Waals surface area (Å²) in [5.41, 5.74) is 2.23. The van der Waals surface area contributed by atoms with Gasteiger partial charge >= 0.3 is 0 Å². The maximum atomic E-state index is 13.2. The molecule has 0 bridgehead atoms. The van der Waals surface area contributed by atoms with E-state index in [4.69, 9.17) is 11.6 Å². The van der Waals surface area contributed by atoms with E-state index >= 15 is 0 Å². The van der Waals surface area contributed by atoms with Gasteiger partial charge in [0.1, 0.15) is 11.9 Å². The van der Waals surface area contributed by atoms with Gasteiger partial charge in [0, 0.05) is 23.1 Å². The highest BCUT2D eigenvalue weighted by Gasteiger charge is 2.20. The maximum absolute atomic E-state index is 13.2. The fraction of sp³-hybridized carbons (Fsp3) is 0.158. The molecule has 4 aromatic rings. The summed E-state index contributed by atoms with van der Waals surface area (Å²) in [6.45, 7) is 1.63. The van der Waals surface area contributed by atoms with Crippen LogP contribution in [-0.4, -0.2) is 19.2 Å². The lowest BCUT2D eigenvalue weighted by molar-refractivity contribution is 0.186. The van der Waals surface area contributed by atoms with E-state index < -0.39 is 6.10 Å². The summed E-state index contributed by atoms with van der Waals surface area (Å²) in [6, 6.07) is 14.8. The van der Waals surface area contributed by atoms with Gasteiger partial charge in [-0.05, 0) is 37.3 Å². The van der Waals surface area contributed by atoms with Crippen LogP contribution >= 0.6 is 11.6 Å². The molecule has 0 spiro atoms. The largest absolute Gasteiger partial charge is 0.385 e. The molecule has 5 nitrogen and oxygen atoms in total. The molecule has 0 amide bonds. The van der Waals surface area contributed by atoms with Gasteiger partial charge in [-0.3, -0.25) is 9.36 Å². The zero-order chi connectivity index (χ0) is 17.7. The Hall–Kier alpha value is -2.63. The van der Waals surface area contributed by atoms with E-state index in [9.17, 15) is 9.90 Å². The van der Waals surface area contributed by atoms with Crippen molar-refractivity contribution in [2.24, 2.45) is 7.05 Å². The summed E-state index contributed by atoms with van der Waals surface area (Å²) < 4.78 is 3.38. The van der Waals surface area contributed by atoms with Crippen molar-refractivity contribution in [2.75, 3.05) is 0 Å². The minimum Gasteiger partial charge on any atom is -0.385 e. The third-order valence-electron chi connectivity index (χ3n) is 4.38. The summed E-state index contributed by atoms with van der Waals surface area (Å²) in [6.07, 6.45) is -0.774. The molecule has 0 saturated heterocycles. The number of benzene rings is 2. The Kier molecular flexibility index (Phi) is 3.63. The highest BCUT2D eigenvalue weighted by atomic mass is 35.5. The summed E-state index contributed by atoms with van der Waals surface area (Å²) in [7, 11) is 1.80. The Labute approximate surface area is 148 Å². The van der Waals surface area contributed by atoms with E-state index in [0.29, 0.717) is 27.4 Å². The zero-order valence-corrected chi connectivity index (χ0v) is 14.5. The van der Waals surface area contributed by atoms with E-state index in [1.165, 1.54) is 0 Å². The predicted molar refractivity (Wildman–Crippen MR) is 99.5 cm³/mol. The maximum Gasteiger partial charge on any atom is 0.283 e. The zero-order valence-electron chi connectivity index (χ0n) is 13.8. The van der Waals surface area contributed by atoms with Crippen molar-refractivity contribution in [1.29, 1.82) is 0 Å². The van der Waals surface area contributed by atoms with Gasteiger partial charge in [0.25, 0.3) is 5.56 Å². The first-order valence-electron chi connectivity index (χ1n) is 7.93. The van der Waals surface area contributed by atoms with Crippen molar-refractivity contribution in [3.8, 4) is 5.69 Å². The second-order valence-electron chi connectivity index (χ2n) is 6.04. The molecule has 1 N–H and O–H groups in total. The van der Waals surface area contributed by atoms with Gasteiger partial charge in [0.05, 0.1) is 11.0 Å². The van der Waals surface area contributed by atoms with Crippen molar-refractivity contribution in [3.05, 3.63) is 69.7 Å². The number of hydrogen-bond acceptors (Lipinski definition) is 3. The Morgan fingerprint density at radius 2 is 1.88 bits per heavy atom. The molecular weight excluding hydrogens is 338 g/mol. The Bertz CT molecular complexity index is 1160. The molecule has 2 aromatic heterocycles. The summed E-state index contributed by atoms with van der Waals surface area (Å²) >= 11 is 6.20. The smallest absolute Gasteiger partial charge is 0.283 e. The summed E-state index contributed by atoms with van der Waals surface area (Å²) in [5, 5.41) is 11.4. The van der Waals surface area contributed by atoms with E-state index in [1.807, 2.05) is 36.4 Å². The third-order valence-corrected chi connectivity index (χ3v) is 4.61. The van der Waals surface area contributed by atoms with Gasteiger partial charge in [-0.1, -0.05) is 29.8 Å². The number of aliphatic hydroxyl groups excluding tert-OH is 1. The second kappa shape index (κ2) is 5.72. The van der Waals surface area contributed by atoms with Crippen LogP contribution < -0.4 is 5.56 Å². The fourth-order valence-electron chi connectivity index (χ4n) is 3.29. The molecule has 0 saturated carbocycles. The molecule has 0 aliphatic rings. The molecule has 2 aromatic carbocycles.